The molecule has 0 saturated carbocycles. The van der Waals surface area contributed by atoms with E-state index in [1.165, 1.54) is 18.6 Å². The van der Waals surface area contributed by atoms with Gasteiger partial charge in [-0.3, -0.25) is 18.7 Å². The lowest BCUT2D eigenvalue weighted by Crippen LogP contribution is -2.40. The Hall–Kier alpha value is -3.62. The summed E-state index contributed by atoms with van der Waals surface area (Å²) < 4.78 is 15.0. The smallest absolute Gasteiger partial charge is 0.332 e. The molecule has 0 saturated heterocycles. The lowest BCUT2D eigenvalue weighted by atomic mass is 10.2. The molecule has 170 valence electrons. The van der Waals surface area contributed by atoms with Crippen LogP contribution in [0.2, 0.25) is 0 Å². The Kier molecular flexibility index (Phi) is 6.97. The van der Waals surface area contributed by atoms with Gasteiger partial charge in [0.15, 0.2) is 22.7 Å². The molecule has 1 aromatic carbocycles. The van der Waals surface area contributed by atoms with E-state index in [2.05, 4.69) is 4.98 Å². The highest BCUT2D eigenvalue weighted by atomic mass is 16.6. The summed E-state index contributed by atoms with van der Waals surface area (Å²) >= 11 is 0. The van der Waals surface area contributed by atoms with Crippen molar-refractivity contribution < 1.29 is 14.3 Å². The molecule has 0 aliphatic rings. The maximum absolute atomic E-state index is 13.0. The number of aromatic nitrogens is 4. The number of hydrogen-bond donors (Lipinski definition) is 0. The van der Waals surface area contributed by atoms with Crippen molar-refractivity contribution >= 4 is 29.3 Å². The first-order valence-corrected chi connectivity index (χ1v) is 10.6. The molecule has 0 N–H and O–H groups in total. The molecule has 0 amide bonds. The highest BCUT2D eigenvalue weighted by Crippen LogP contribution is 2.29. The van der Waals surface area contributed by atoms with Crippen molar-refractivity contribution in [3.05, 3.63) is 50.4 Å². The number of esters is 1. The summed E-state index contributed by atoms with van der Waals surface area (Å²) in [6, 6.07) is 5.16. The predicted octanol–water partition coefficient (Wildman–Crippen LogP) is 2.82. The Morgan fingerprint density at radius 1 is 1.06 bits per heavy atom. The van der Waals surface area contributed by atoms with E-state index in [4.69, 9.17) is 9.47 Å². The zero-order valence-corrected chi connectivity index (χ0v) is 19.0. The Balaban J connectivity index is 2.09. The van der Waals surface area contributed by atoms with Gasteiger partial charge in [0.1, 0.15) is 5.82 Å². The third-order valence-electron chi connectivity index (χ3n) is 5.04. The van der Waals surface area contributed by atoms with Crippen LogP contribution in [0.5, 0.6) is 11.5 Å². The van der Waals surface area contributed by atoms with Crippen LogP contribution < -0.4 is 20.7 Å². The fraction of sp³-hybridized carbons (Fsp3) is 0.391. The number of methoxy groups -OCH3 is 1. The minimum Gasteiger partial charge on any atom is -0.493 e. The lowest BCUT2D eigenvalue weighted by molar-refractivity contribution is -0.132. The zero-order chi connectivity index (χ0) is 23.4. The van der Waals surface area contributed by atoms with Crippen molar-refractivity contribution in [2.45, 2.75) is 46.7 Å². The fourth-order valence-corrected chi connectivity index (χ4v) is 3.57. The van der Waals surface area contributed by atoms with Gasteiger partial charge in [-0.05, 0) is 36.6 Å². The molecule has 0 radical (unpaired) electrons. The van der Waals surface area contributed by atoms with Gasteiger partial charge in [-0.1, -0.05) is 26.0 Å². The zero-order valence-electron chi connectivity index (χ0n) is 19.0. The summed E-state index contributed by atoms with van der Waals surface area (Å²) in [6.07, 6.45) is 5.01. The summed E-state index contributed by atoms with van der Waals surface area (Å²) in [4.78, 5) is 41.7. The number of hydrogen-bond acceptors (Lipinski definition) is 6. The number of nitrogens with zero attached hydrogens (tertiary/aromatic N) is 4. The van der Waals surface area contributed by atoms with Crippen LogP contribution in [0.15, 0.2) is 27.8 Å². The molecule has 2 heterocycles. The maximum Gasteiger partial charge on any atom is 0.332 e. The Morgan fingerprint density at radius 2 is 1.75 bits per heavy atom. The number of carbonyl (C=O) groups excluding carboxylic acids is 1. The average molecular weight is 441 g/mol. The molecule has 3 rings (SSSR count). The largest absolute Gasteiger partial charge is 0.493 e. The average Bonchev–Trinajstić information content (AvgIpc) is 3.09. The second-order valence-electron chi connectivity index (χ2n) is 7.43. The van der Waals surface area contributed by atoms with Gasteiger partial charge in [0.2, 0.25) is 0 Å². The summed E-state index contributed by atoms with van der Waals surface area (Å²) in [6.45, 7) is 6.07. The number of benzene rings is 1. The van der Waals surface area contributed by atoms with E-state index in [-0.39, 0.29) is 11.2 Å². The molecule has 0 bridgehead atoms. The first-order valence-electron chi connectivity index (χ1n) is 10.6. The first kappa shape index (κ1) is 23.1. The maximum atomic E-state index is 13.0. The lowest BCUT2D eigenvalue weighted by Gasteiger charge is -2.10. The van der Waals surface area contributed by atoms with Gasteiger partial charge < -0.3 is 14.0 Å². The van der Waals surface area contributed by atoms with Crippen molar-refractivity contribution in [1.29, 1.82) is 0 Å². The van der Waals surface area contributed by atoms with Gasteiger partial charge in [-0.25, -0.2) is 9.78 Å². The molecule has 0 atom stereocenters. The molecule has 9 heteroatoms. The standard InChI is InChI=1S/C23H28N4O5/c1-6-12-26-21-20(22(29)27(13-7-2)23(26)30)25(4)19(24-21)11-9-16-8-10-17(32-15(3)28)18(14-16)31-5/h8-11,14H,6-7,12-13H2,1-5H3/b11-9+. The van der Waals surface area contributed by atoms with Gasteiger partial charge >= 0.3 is 11.7 Å². The third-order valence-corrected chi connectivity index (χ3v) is 5.04. The molecule has 0 spiro atoms. The molecule has 0 fully saturated rings. The van der Waals surface area contributed by atoms with Crippen LogP contribution in [0.25, 0.3) is 23.3 Å². The molecule has 2 aromatic heterocycles. The number of rotatable bonds is 8. The van der Waals surface area contributed by atoms with Gasteiger partial charge in [-0.2, -0.15) is 0 Å². The number of aryl methyl sites for hydroxylation is 2. The monoisotopic (exact) mass is 440 g/mol. The summed E-state index contributed by atoms with van der Waals surface area (Å²) in [5, 5.41) is 0. The van der Waals surface area contributed by atoms with E-state index in [0.29, 0.717) is 48.0 Å². The van der Waals surface area contributed by atoms with Crippen molar-refractivity contribution in [3.8, 4) is 11.5 Å². The van der Waals surface area contributed by atoms with Crippen molar-refractivity contribution in [2.24, 2.45) is 7.05 Å². The predicted molar refractivity (Wildman–Crippen MR) is 123 cm³/mol. The Bertz CT molecular complexity index is 1300. The minimum atomic E-state index is -0.432. The molecule has 0 unspecified atom stereocenters. The molecule has 32 heavy (non-hydrogen) atoms. The van der Waals surface area contributed by atoms with E-state index in [0.717, 1.165) is 12.0 Å². The molecule has 0 aliphatic carbocycles. The van der Waals surface area contributed by atoms with Crippen molar-refractivity contribution in [2.75, 3.05) is 7.11 Å². The van der Waals surface area contributed by atoms with Gasteiger partial charge in [0.25, 0.3) is 5.56 Å². The second kappa shape index (κ2) is 9.67. The highest BCUT2D eigenvalue weighted by molar-refractivity contribution is 5.77. The van der Waals surface area contributed by atoms with Gasteiger partial charge in [-0.15, -0.1) is 0 Å². The van der Waals surface area contributed by atoms with Crippen LogP contribution in [-0.2, 0) is 24.9 Å². The number of ether oxygens (including phenoxy) is 2. The van der Waals surface area contributed by atoms with E-state index in [1.54, 1.807) is 40.5 Å². The first-order chi connectivity index (χ1) is 15.3. The molecule has 0 aliphatic heterocycles. The van der Waals surface area contributed by atoms with Crippen molar-refractivity contribution in [3.63, 3.8) is 0 Å². The molecule has 3 aromatic rings. The van der Waals surface area contributed by atoms with E-state index in [9.17, 15) is 14.4 Å². The van der Waals surface area contributed by atoms with E-state index in [1.807, 2.05) is 19.9 Å². The number of fused-ring (bicyclic) bond motifs is 1. The number of carbonyl (C=O) groups is 1. The summed E-state index contributed by atoms with van der Waals surface area (Å²) in [5.74, 6) is 0.864. The van der Waals surface area contributed by atoms with Crippen LogP contribution >= 0.6 is 0 Å². The summed E-state index contributed by atoms with van der Waals surface area (Å²) in [5.41, 5.74) is 0.916. The topological polar surface area (TPSA) is 97.3 Å². The normalized spacial score (nSPS) is 11.4. The number of imidazole rings is 1. The van der Waals surface area contributed by atoms with E-state index < -0.39 is 5.97 Å². The molecule has 9 nitrogen and oxygen atoms in total. The fourth-order valence-electron chi connectivity index (χ4n) is 3.57. The van der Waals surface area contributed by atoms with Gasteiger partial charge in [0, 0.05) is 27.1 Å². The quantitative estimate of drug-likeness (QED) is 0.395. The van der Waals surface area contributed by atoms with Crippen LogP contribution in [0.1, 0.15) is 45.0 Å². The van der Waals surface area contributed by atoms with Crippen molar-refractivity contribution in [1.82, 2.24) is 18.7 Å². The summed E-state index contributed by atoms with van der Waals surface area (Å²) in [7, 11) is 3.26. The Labute approximate surface area is 185 Å². The van der Waals surface area contributed by atoms with Crippen LogP contribution in [0.3, 0.4) is 0 Å². The molecular formula is C23H28N4O5. The Morgan fingerprint density at radius 3 is 2.38 bits per heavy atom. The van der Waals surface area contributed by atoms with Gasteiger partial charge in [0.05, 0.1) is 7.11 Å². The highest BCUT2D eigenvalue weighted by Gasteiger charge is 2.18. The second-order valence-corrected chi connectivity index (χ2v) is 7.43. The minimum absolute atomic E-state index is 0.328. The van der Waals surface area contributed by atoms with Crippen LogP contribution in [0.4, 0.5) is 0 Å². The SMILES string of the molecule is CCCn1c(=O)c2c(nc(/C=C/c3ccc(OC(C)=O)c(OC)c3)n2C)n(CCC)c1=O. The van der Waals surface area contributed by atoms with E-state index >= 15 is 0 Å². The van der Waals surface area contributed by atoms with Crippen LogP contribution in [0, 0.1) is 0 Å². The molecular weight excluding hydrogens is 412 g/mol. The van der Waals surface area contributed by atoms with Crippen LogP contribution in [-0.4, -0.2) is 31.8 Å². The third kappa shape index (κ3) is 4.37.